The minimum absolute atomic E-state index is 0.205. The highest BCUT2D eigenvalue weighted by Crippen LogP contribution is 2.26. The van der Waals surface area contributed by atoms with Gasteiger partial charge in [0.15, 0.2) is 0 Å². The van der Waals surface area contributed by atoms with Crippen molar-refractivity contribution in [3.8, 4) is 11.8 Å². The molecule has 0 atom stereocenters. The SMILES string of the molecule is CCC.Cc1c(C#N)c(=O)sc2cc(OCCCCCCCOC=O)ccc12. The topological polar surface area (TPSA) is 76.4 Å². The van der Waals surface area contributed by atoms with Crippen molar-refractivity contribution in [1.82, 2.24) is 0 Å². The van der Waals surface area contributed by atoms with Gasteiger partial charge in [0.2, 0.25) is 0 Å². The third-order valence-corrected chi connectivity index (χ3v) is 4.94. The highest BCUT2D eigenvalue weighted by molar-refractivity contribution is 7.16. The van der Waals surface area contributed by atoms with Gasteiger partial charge in [0.05, 0.1) is 13.2 Å². The number of nitrogens with zero attached hydrogens (tertiary/aromatic N) is 1. The second-order valence-corrected chi connectivity index (χ2v) is 7.46. The van der Waals surface area contributed by atoms with Gasteiger partial charge in [-0.25, -0.2) is 0 Å². The Morgan fingerprint density at radius 1 is 1.11 bits per heavy atom. The summed E-state index contributed by atoms with van der Waals surface area (Å²) in [5.74, 6) is 0.742. The summed E-state index contributed by atoms with van der Waals surface area (Å²) in [4.78, 5) is 21.9. The lowest BCUT2D eigenvalue weighted by Crippen LogP contribution is -2.03. The van der Waals surface area contributed by atoms with Gasteiger partial charge >= 0.3 is 0 Å². The first-order valence-corrected chi connectivity index (χ1v) is 10.6. The van der Waals surface area contributed by atoms with Gasteiger partial charge < -0.3 is 9.47 Å². The quantitative estimate of drug-likeness (QED) is 0.394. The predicted molar refractivity (Wildman–Crippen MR) is 114 cm³/mol. The van der Waals surface area contributed by atoms with Gasteiger partial charge in [0.25, 0.3) is 11.2 Å². The zero-order valence-corrected chi connectivity index (χ0v) is 17.8. The number of hydrogen-bond donors (Lipinski definition) is 0. The third kappa shape index (κ3) is 7.69. The highest BCUT2D eigenvalue weighted by Gasteiger charge is 2.09. The van der Waals surface area contributed by atoms with Crippen molar-refractivity contribution in [2.45, 2.75) is 59.3 Å². The van der Waals surface area contributed by atoms with Crippen LogP contribution in [-0.2, 0) is 9.53 Å². The number of ether oxygens (including phenoxy) is 2. The molecule has 0 radical (unpaired) electrons. The summed E-state index contributed by atoms with van der Waals surface area (Å²) in [5, 5.41) is 9.99. The average Bonchev–Trinajstić information content (AvgIpc) is 2.67. The number of nitriles is 1. The molecule has 2 rings (SSSR count). The van der Waals surface area contributed by atoms with Gasteiger partial charge in [-0.2, -0.15) is 5.26 Å². The average molecular weight is 404 g/mol. The van der Waals surface area contributed by atoms with E-state index < -0.39 is 0 Å². The molecule has 1 heterocycles. The number of carbonyl (C=O) groups excluding carboxylic acids is 1. The molecule has 0 spiro atoms. The number of carbonyl (C=O) groups is 1. The first-order chi connectivity index (χ1) is 13.6. The standard InChI is InChI=1S/C19H21NO4S.C3H8/c1-14-16-8-7-15(11-18(16)25-19(22)17(14)12-20)24-10-6-4-2-3-5-9-23-13-21;1-3-2/h7-8,11,13H,2-6,9-10H2,1H3;3H2,1-2H3. The highest BCUT2D eigenvalue weighted by atomic mass is 32.1. The Morgan fingerprint density at radius 2 is 1.75 bits per heavy atom. The van der Waals surface area contributed by atoms with E-state index in [1.165, 1.54) is 6.42 Å². The number of benzene rings is 1. The Hall–Kier alpha value is -2.39. The molecule has 0 aliphatic heterocycles. The van der Waals surface area contributed by atoms with E-state index in [0.29, 0.717) is 19.7 Å². The molecule has 0 bridgehead atoms. The second-order valence-electron chi connectivity index (χ2n) is 6.45. The fourth-order valence-corrected chi connectivity index (χ4v) is 3.62. The summed E-state index contributed by atoms with van der Waals surface area (Å²) in [7, 11) is 0. The van der Waals surface area contributed by atoms with Gasteiger partial charge in [-0.1, -0.05) is 50.9 Å². The molecule has 0 unspecified atom stereocenters. The minimum Gasteiger partial charge on any atom is -0.494 e. The van der Waals surface area contributed by atoms with Crippen molar-refractivity contribution < 1.29 is 14.3 Å². The Kier molecular flexibility index (Phi) is 11.6. The maximum atomic E-state index is 11.9. The van der Waals surface area contributed by atoms with Crippen LogP contribution in [0.5, 0.6) is 5.75 Å². The zero-order valence-electron chi connectivity index (χ0n) is 17.0. The van der Waals surface area contributed by atoms with Crippen molar-refractivity contribution in [3.05, 3.63) is 38.9 Å². The van der Waals surface area contributed by atoms with E-state index in [4.69, 9.17) is 10.00 Å². The predicted octanol–water partition coefficient (Wildman–Crippen LogP) is 5.36. The number of hydrogen-bond acceptors (Lipinski definition) is 6. The number of rotatable bonds is 10. The van der Waals surface area contributed by atoms with Crippen molar-refractivity contribution in [2.24, 2.45) is 0 Å². The van der Waals surface area contributed by atoms with Crippen LogP contribution < -0.4 is 9.48 Å². The van der Waals surface area contributed by atoms with E-state index in [1.807, 2.05) is 24.3 Å². The molecule has 0 amide bonds. The molecule has 2 aromatic rings. The van der Waals surface area contributed by atoms with Crippen LogP contribution in [0, 0.1) is 18.3 Å². The number of fused-ring (bicyclic) bond motifs is 1. The van der Waals surface area contributed by atoms with Crippen LogP contribution in [0.1, 0.15) is 63.5 Å². The summed E-state index contributed by atoms with van der Waals surface area (Å²) < 4.78 is 11.0. The smallest absolute Gasteiger partial charge is 0.293 e. The lowest BCUT2D eigenvalue weighted by Gasteiger charge is -2.08. The van der Waals surface area contributed by atoms with Crippen molar-refractivity contribution >= 4 is 27.9 Å². The summed E-state index contributed by atoms with van der Waals surface area (Å²) in [6.07, 6.45) is 6.29. The molecule has 0 aliphatic carbocycles. The lowest BCUT2D eigenvalue weighted by molar-refractivity contribution is -0.128. The Morgan fingerprint density at radius 3 is 2.39 bits per heavy atom. The molecule has 0 saturated carbocycles. The van der Waals surface area contributed by atoms with E-state index in [-0.39, 0.29) is 10.3 Å². The number of aryl methyl sites for hydroxylation is 1. The van der Waals surface area contributed by atoms with Gasteiger partial charge in [-0.15, -0.1) is 0 Å². The number of unbranched alkanes of at least 4 members (excludes halogenated alkanes) is 4. The Labute approximate surface area is 170 Å². The molecule has 0 N–H and O–H groups in total. The van der Waals surface area contributed by atoms with Crippen molar-refractivity contribution in [2.75, 3.05) is 13.2 Å². The maximum Gasteiger partial charge on any atom is 0.293 e. The van der Waals surface area contributed by atoms with Crippen LogP contribution in [0.25, 0.3) is 10.1 Å². The van der Waals surface area contributed by atoms with Crippen LogP contribution in [-0.4, -0.2) is 19.7 Å². The normalized spacial score (nSPS) is 9.93. The van der Waals surface area contributed by atoms with Crippen LogP contribution in [0.3, 0.4) is 0 Å². The minimum atomic E-state index is -0.205. The molecule has 1 aromatic heterocycles. The molecule has 0 aliphatic rings. The molecular formula is C22H29NO4S. The lowest BCUT2D eigenvalue weighted by atomic mass is 10.1. The summed E-state index contributed by atoms with van der Waals surface area (Å²) in [5.41, 5.74) is 0.955. The molecule has 0 saturated heterocycles. The van der Waals surface area contributed by atoms with Crippen molar-refractivity contribution in [3.63, 3.8) is 0 Å². The molecule has 1 aromatic carbocycles. The summed E-state index contributed by atoms with van der Waals surface area (Å²) >= 11 is 1.08. The van der Waals surface area contributed by atoms with E-state index in [9.17, 15) is 9.59 Å². The molecule has 0 fully saturated rings. The molecule has 28 heavy (non-hydrogen) atoms. The third-order valence-electron chi connectivity index (χ3n) is 3.99. The summed E-state index contributed by atoms with van der Waals surface area (Å²) in [6.45, 7) is 7.65. The zero-order chi connectivity index (χ0) is 20.8. The maximum absolute atomic E-state index is 11.9. The Bertz CT molecular complexity index is 839. The fourth-order valence-electron chi connectivity index (χ4n) is 2.61. The van der Waals surface area contributed by atoms with Crippen LogP contribution in [0.2, 0.25) is 0 Å². The van der Waals surface area contributed by atoms with Crippen LogP contribution in [0.15, 0.2) is 23.0 Å². The fraction of sp³-hybridized carbons (Fsp3) is 0.500. The molecular weight excluding hydrogens is 374 g/mol. The second kappa shape index (κ2) is 13.7. The van der Waals surface area contributed by atoms with Gasteiger partial charge in [-0.05, 0) is 48.9 Å². The van der Waals surface area contributed by atoms with Crippen molar-refractivity contribution in [1.29, 1.82) is 5.26 Å². The van der Waals surface area contributed by atoms with Gasteiger partial charge in [0.1, 0.15) is 17.4 Å². The van der Waals surface area contributed by atoms with Crippen LogP contribution in [0.4, 0.5) is 0 Å². The monoisotopic (exact) mass is 403 g/mol. The first kappa shape index (κ1) is 23.6. The molecule has 152 valence electrons. The van der Waals surface area contributed by atoms with E-state index in [2.05, 4.69) is 18.6 Å². The molecule has 5 nitrogen and oxygen atoms in total. The largest absolute Gasteiger partial charge is 0.494 e. The Balaban J connectivity index is 0.00000122. The van der Waals surface area contributed by atoms with E-state index in [1.54, 1.807) is 6.92 Å². The first-order valence-electron chi connectivity index (χ1n) is 9.74. The summed E-state index contributed by atoms with van der Waals surface area (Å²) in [6, 6.07) is 7.64. The van der Waals surface area contributed by atoms with Gasteiger partial charge in [-0.3, -0.25) is 9.59 Å². The van der Waals surface area contributed by atoms with E-state index in [0.717, 1.165) is 64.8 Å². The van der Waals surface area contributed by atoms with Crippen LogP contribution >= 0.6 is 11.3 Å². The molecule has 6 heteroatoms. The van der Waals surface area contributed by atoms with Gasteiger partial charge in [0, 0.05) is 4.70 Å². The van der Waals surface area contributed by atoms with E-state index >= 15 is 0 Å².